The molecule has 0 bridgehead atoms. The fraction of sp³-hybridized carbons (Fsp3) is 0.0526. The normalized spacial score (nSPS) is 11.2. The molecule has 0 radical (unpaired) electrons. The summed E-state index contributed by atoms with van der Waals surface area (Å²) >= 11 is 5.28. The number of aromatic nitrogens is 5. The van der Waals surface area contributed by atoms with E-state index in [-0.39, 0.29) is 10.5 Å². The molecule has 9 nitrogen and oxygen atoms in total. The Kier molecular flexibility index (Phi) is 4.83. The van der Waals surface area contributed by atoms with E-state index in [2.05, 4.69) is 20.4 Å². The Bertz CT molecular complexity index is 1270. The number of hydrogen-bond donors (Lipinski definition) is 1. The van der Waals surface area contributed by atoms with Crippen LogP contribution in [0.3, 0.4) is 0 Å². The first-order chi connectivity index (χ1) is 14.0. The number of nitro groups is 1. The van der Waals surface area contributed by atoms with Gasteiger partial charge in [0.2, 0.25) is 4.77 Å². The van der Waals surface area contributed by atoms with Crippen LogP contribution in [0.1, 0.15) is 11.3 Å². The third-order valence-corrected chi connectivity index (χ3v) is 4.45. The van der Waals surface area contributed by atoms with E-state index in [9.17, 15) is 10.1 Å². The molecule has 0 saturated heterocycles. The van der Waals surface area contributed by atoms with E-state index < -0.39 is 4.92 Å². The largest absolute Gasteiger partial charge is 0.271 e. The van der Waals surface area contributed by atoms with Crippen LogP contribution in [0.2, 0.25) is 0 Å². The van der Waals surface area contributed by atoms with Crippen LogP contribution in [-0.2, 0) is 0 Å². The Morgan fingerprint density at radius 3 is 2.72 bits per heavy atom. The molecular formula is C19H15N7O2S. The minimum absolute atomic E-state index is 0.0135. The molecule has 2 aromatic carbocycles. The highest BCUT2D eigenvalue weighted by atomic mass is 32.1. The summed E-state index contributed by atoms with van der Waals surface area (Å²) in [6, 6.07) is 17.9. The van der Waals surface area contributed by atoms with Crippen LogP contribution in [-0.4, -0.2) is 35.8 Å². The zero-order chi connectivity index (χ0) is 20.4. The van der Waals surface area contributed by atoms with Crippen LogP contribution in [0.4, 0.5) is 5.69 Å². The van der Waals surface area contributed by atoms with Crippen LogP contribution < -0.4 is 0 Å². The predicted octanol–water partition coefficient (Wildman–Crippen LogP) is 3.89. The van der Waals surface area contributed by atoms with Gasteiger partial charge in [0.15, 0.2) is 0 Å². The summed E-state index contributed by atoms with van der Waals surface area (Å²) in [5.74, 6) is 0.386. The van der Waals surface area contributed by atoms with Crippen molar-refractivity contribution in [2.24, 2.45) is 5.10 Å². The van der Waals surface area contributed by atoms with Gasteiger partial charge in [-0.15, -0.1) is 5.10 Å². The van der Waals surface area contributed by atoms with Crippen molar-refractivity contribution in [1.82, 2.24) is 24.7 Å². The number of nitro benzene ring substituents is 1. The molecule has 0 aliphatic heterocycles. The van der Waals surface area contributed by atoms with Crippen molar-refractivity contribution < 1.29 is 4.92 Å². The molecule has 0 spiro atoms. The van der Waals surface area contributed by atoms with Gasteiger partial charge >= 0.3 is 0 Å². The SMILES string of the molecule is Cc1cc(-c2ccccc2)nn1-c1n[nH]c(=S)n1/N=C/c1cccc([N+](=O)[O-])c1. The van der Waals surface area contributed by atoms with E-state index in [1.165, 1.54) is 23.0 Å². The third kappa shape index (κ3) is 3.73. The van der Waals surface area contributed by atoms with Gasteiger partial charge in [-0.05, 0) is 25.2 Å². The van der Waals surface area contributed by atoms with Gasteiger partial charge in [-0.25, -0.2) is 9.78 Å². The monoisotopic (exact) mass is 405 g/mol. The van der Waals surface area contributed by atoms with Crippen LogP contribution in [0.5, 0.6) is 0 Å². The summed E-state index contributed by atoms with van der Waals surface area (Å²) in [5.41, 5.74) is 3.18. The minimum atomic E-state index is -0.454. The molecule has 4 aromatic rings. The zero-order valence-electron chi connectivity index (χ0n) is 15.3. The molecule has 0 aliphatic rings. The highest BCUT2D eigenvalue weighted by molar-refractivity contribution is 7.71. The molecule has 29 heavy (non-hydrogen) atoms. The van der Waals surface area contributed by atoms with E-state index in [0.29, 0.717) is 11.5 Å². The summed E-state index contributed by atoms with van der Waals surface area (Å²) in [4.78, 5) is 10.5. The number of hydrogen-bond acceptors (Lipinski definition) is 6. The number of nitrogens with one attached hydrogen (secondary N) is 1. The molecule has 0 aliphatic carbocycles. The molecule has 0 atom stereocenters. The van der Waals surface area contributed by atoms with Gasteiger partial charge in [0.1, 0.15) is 0 Å². The average molecular weight is 405 g/mol. The van der Waals surface area contributed by atoms with Gasteiger partial charge in [0.25, 0.3) is 11.6 Å². The van der Waals surface area contributed by atoms with Crippen LogP contribution in [0, 0.1) is 21.8 Å². The Morgan fingerprint density at radius 1 is 1.17 bits per heavy atom. The summed E-state index contributed by atoms with van der Waals surface area (Å²) in [5, 5.41) is 26.9. The maximum absolute atomic E-state index is 10.9. The second-order valence-electron chi connectivity index (χ2n) is 6.19. The number of non-ortho nitro benzene ring substituents is 1. The second kappa shape index (κ2) is 7.60. The lowest BCUT2D eigenvalue weighted by atomic mass is 10.1. The summed E-state index contributed by atoms with van der Waals surface area (Å²) < 4.78 is 3.33. The number of rotatable bonds is 5. The minimum Gasteiger partial charge on any atom is -0.258 e. The lowest BCUT2D eigenvalue weighted by Gasteiger charge is -2.03. The molecule has 2 heterocycles. The van der Waals surface area contributed by atoms with E-state index >= 15 is 0 Å². The van der Waals surface area contributed by atoms with E-state index in [1.54, 1.807) is 16.8 Å². The van der Waals surface area contributed by atoms with Crippen molar-refractivity contribution in [1.29, 1.82) is 0 Å². The maximum atomic E-state index is 10.9. The lowest BCUT2D eigenvalue weighted by Crippen LogP contribution is -2.07. The predicted molar refractivity (Wildman–Crippen MR) is 111 cm³/mol. The Hall–Kier alpha value is -3.92. The van der Waals surface area contributed by atoms with Gasteiger partial charge in [-0.3, -0.25) is 10.1 Å². The average Bonchev–Trinajstić information content (AvgIpc) is 3.29. The number of aryl methyl sites for hydroxylation is 1. The molecular weight excluding hydrogens is 390 g/mol. The molecule has 2 aromatic heterocycles. The highest BCUT2D eigenvalue weighted by Gasteiger charge is 2.14. The van der Waals surface area contributed by atoms with E-state index in [1.807, 2.05) is 43.3 Å². The van der Waals surface area contributed by atoms with Gasteiger partial charge in [0.05, 0.1) is 16.8 Å². The third-order valence-electron chi connectivity index (χ3n) is 4.18. The fourth-order valence-corrected chi connectivity index (χ4v) is 2.97. The molecule has 0 fully saturated rings. The Labute approximate surface area is 170 Å². The standard InChI is InChI=1S/C19H15N7O2S/c1-13-10-17(15-7-3-2-4-8-15)23-24(13)18-21-22-19(29)25(18)20-12-14-6-5-9-16(11-14)26(27)28/h2-12H,1H3,(H,22,29)/b20-12+. The smallest absolute Gasteiger partial charge is 0.258 e. The Balaban J connectivity index is 1.72. The maximum Gasteiger partial charge on any atom is 0.271 e. The molecule has 0 saturated carbocycles. The van der Waals surface area contributed by atoms with Gasteiger partial charge in [-0.2, -0.15) is 14.9 Å². The molecule has 10 heteroatoms. The van der Waals surface area contributed by atoms with Crippen LogP contribution >= 0.6 is 12.2 Å². The number of benzene rings is 2. The molecule has 0 unspecified atom stereocenters. The number of nitrogens with zero attached hydrogens (tertiary/aromatic N) is 6. The molecule has 144 valence electrons. The van der Waals surface area contributed by atoms with Crippen LogP contribution in [0.15, 0.2) is 65.8 Å². The van der Waals surface area contributed by atoms with Crippen molar-refractivity contribution >= 4 is 24.1 Å². The van der Waals surface area contributed by atoms with Crippen LogP contribution in [0.25, 0.3) is 17.2 Å². The quantitative estimate of drug-likeness (QED) is 0.235. The number of aromatic amines is 1. The Morgan fingerprint density at radius 2 is 1.97 bits per heavy atom. The first kappa shape index (κ1) is 18.4. The molecule has 1 N–H and O–H groups in total. The second-order valence-corrected chi connectivity index (χ2v) is 6.57. The first-order valence-electron chi connectivity index (χ1n) is 8.61. The van der Waals surface area contributed by atoms with Crippen molar-refractivity contribution in [2.75, 3.05) is 0 Å². The van der Waals surface area contributed by atoms with Crippen molar-refractivity contribution in [2.45, 2.75) is 6.92 Å². The van der Waals surface area contributed by atoms with Gasteiger partial charge in [-0.1, -0.05) is 42.5 Å². The van der Waals surface area contributed by atoms with Crippen molar-refractivity contribution in [3.63, 3.8) is 0 Å². The summed E-state index contributed by atoms with van der Waals surface area (Å²) in [7, 11) is 0. The van der Waals surface area contributed by atoms with E-state index in [4.69, 9.17) is 12.2 Å². The van der Waals surface area contributed by atoms with Gasteiger partial charge in [0, 0.05) is 29.0 Å². The zero-order valence-corrected chi connectivity index (χ0v) is 16.1. The highest BCUT2D eigenvalue weighted by Crippen LogP contribution is 2.20. The molecule has 4 rings (SSSR count). The molecule has 0 amide bonds. The number of H-pyrrole nitrogens is 1. The topological polar surface area (TPSA) is 107 Å². The van der Waals surface area contributed by atoms with E-state index in [0.717, 1.165) is 17.0 Å². The van der Waals surface area contributed by atoms with Crippen molar-refractivity contribution in [3.05, 3.63) is 86.8 Å². The van der Waals surface area contributed by atoms with Gasteiger partial charge < -0.3 is 0 Å². The summed E-state index contributed by atoms with van der Waals surface area (Å²) in [6.45, 7) is 1.91. The summed E-state index contributed by atoms with van der Waals surface area (Å²) in [6.07, 6.45) is 1.48. The van der Waals surface area contributed by atoms with Crippen molar-refractivity contribution in [3.8, 4) is 17.2 Å². The lowest BCUT2D eigenvalue weighted by molar-refractivity contribution is -0.384. The fourth-order valence-electron chi connectivity index (χ4n) is 2.79. The first-order valence-corrected chi connectivity index (χ1v) is 9.02.